The summed E-state index contributed by atoms with van der Waals surface area (Å²) < 4.78 is 0. The number of nitrogens with one attached hydrogen (secondary N) is 1. The molecule has 0 aromatic carbocycles. The second-order valence-corrected chi connectivity index (χ2v) is 4.04. The zero-order valence-electron chi connectivity index (χ0n) is 9.80. The van der Waals surface area contributed by atoms with Gasteiger partial charge in [-0.15, -0.1) is 0 Å². The summed E-state index contributed by atoms with van der Waals surface area (Å²) in [5.41, 5.74) is 6.08. The van der Waals surface area contributed by atoms with E-state index in [2.05, 4.69) is 15.4 Å². The first kappa shape index (κ1) is 11.7. The van der Waals surface area contributed by atoms with Gasteiger partial charge in [0.2, 0.25) is 0 Å². The van der Waals surface area contributed by atoms with Crippen molar-refractivity contribution in [3.8, 4) is 0 Å². The molecule has 0 saturated heterocycles. The summed E-state index contributed by atoms with van der Waals surface area (Å²) in [6.45, 7) is 2.04. The fourth-order valence-electron chi connectivity index (χ4n) is 1.75. The molecule has 0 aliphatic carbocycles. The third kappa shape index (κ3) is 3.09. The van der Waals surface area contributed by atoms with Crippen LogP contribution in [0.1, 0.15) is 22.9 Å². The predicted octanol–water partition coefficient (Wildman–Crippen LogP) is 1.53. The van der Waals surface area contributed by atoms with E-state index in [1.54, 1.807) is 12.4 Å². The lowest BCUT2D eigenvalue weighted by Crippen LogP contribution is -2.30. The minimum atomic E-state index is 0.0131. The van der Waals surface area contributed by atoms with Crippen molar-refractivity contribution in [1.29, 1.82) is 0 Å². The van der Waals surface area contributed by atoms with E-state index in [0.29, 0.717) is 0 Å². The lowest BCUT2D eigenvalue weighted by molar-refractivity contribution is 0.537. The molecule has 4 heteroatoms. The zero-order valence-corrected chi connectivity index (χ0v) is 9.80. The number of nitrogens with zero attached hydrogens (tertiary/aromatic N) is 2. The fourth-order valence-corrected chi connectivity index (χ4v) is 1.75. The Morgan fingerprint density at radius 1 is 1.35 bits per heavy atom. The van der Waals surface area contributed by atoms with Gasteiger partial charge in [-0.3, -0.25) is 21.2 Å². The molecule has 0 saturated carbocycles. The Morgan fingerprint density at radius 3 is 2.88 bits per heavy atom. The van der Waals surface area contributed by atoms with Crippen molar-refractivity contribution in [2.24, 2.45) is 5.84 Å². The van der Waals surface area contributed by atoms with Crippen LogP contribution < -0.4 is 11.3 Å². The van der Waals surface area contributed by atoms with E-state index in [9.17, 15) is 0 Å². The molecule has 0 fully saturated rings. The van der Waals surface area contributed by atoms with Gasteiger partial charge >= 0.3 is 0 Å². The summed E-state index contributed by atoms with van der Waals surface area (Å²) in [5, 5.41) is 0. The van der Waals surface area contributed by atoms with Gasteiger partial charge in [-0.25, -0.2) is 0 Å². The van der Waals surface area contributed by atoms with Gasteiger partial charge < -0.3 is 0 Å². The van der Waals surface area contributed by atoms with Gasteiger partial charge in [-0.05, 0) is 42.7 Å². The summed E-state index contributed by atoms with van der Waals surface area (Å²) in [6, 6.07) is 7.99. The van der Waals surface area contributed by atoms with Crippen LogP contribution in [0.4, 0.5) is 0 Å². The first-order valence-electron chi connectivity index (χ1n) is 5.57. The van der Waals surface area contributed by atoms with Gasteiger partial charge in [0.15, 0.2) is 0 Å². The summed E-state index contributed by atoms with van der Waals surface area (Å²) >= 11 is 0. The minimum absolute atomic E-state index is 0.0131. The van der Waals surface area contributed by atoms with Gasteiger partial charge in [-0.2, -0.15) is 0 Å². The molecule has 88 valence electrons. The Kier molecular flexibility index (Phi) is 3.80. The number of hydrazine groups is 1. The third-order valence-electron chi connectivity index (χ3n) is 2.66. The van der Waals surface area contributed by atoms with Crippen molar-refractivity contribution in [1.82, 2.24) is 15.4 Å². The molecule has 4 nitrogen and oxygen atoms in total. The summed E-state index contributed by atoms with van der Waals surface area (Å²) in [6.07, 6.45) is 6.19. The highest BCUT2D eigenvalue weighted by Gasteiger charge is 2.11. The lowest BCUT2D eigenvalue weighted by Gasteiger charge is -2.15. The highest BCUT2D eigenvalue weighted by atomic mass is 15.2. The van der Waals surface area contributed by atoms with Crippen LogP contribution >= 0.6 is 0 Å². The molecule has 0 aliphatic rings. The van der Waals surface area contributed by atoms with E-state index in [1.807, 2.05) is 37.4 Å². The predicted molar refractivity (Wildman–Crippen MR) is 67.0 cm³/mol. The molecule has 0 radical (unpaired) electrons. The summed E-state index contributed by atoms with van der Waals surface area (Å²) in [5.74, 6) is 5.59. The van der Waals surface area contributed by atoms with Crippen molar-refractivity contribution >= 4 is 0 Å². The molecule has 17 heavy (non-hydrogen) atoms. The smallest absolute Gasteiger partial charge is 0.0673 e. The van der Waals surface area contributed by atoms with E-state index in [4.69, 9.17) is 5.84 Å². The van der Waals surface area contributed by atoms with E-state index < -0.39 is 0 Å². The standard InChI is InChI=1S/C13H16N4/c1-10-4-6-16-12(7-10)13(17-14)8-11-3-2-5-15-9-11/h2-7,9,13,17H,8,14H2,1H3. The molecule has 2 heterocycles. The fraction of sp³-hybridized carbons (Fsp3) is 0.231. The number of hydrogen-bond acceptors (Lipinski definition) is 4. The Morgan fingerprint density at radius 2 is 2.24 bits per heavy atom. The molecule has 3 N–H and O–H groups in total. The Balaban J connectivity index is 2.17. The quantitative estimate of drug-likeness (QED) is 0.615. The van der Waals surface area contributed by atoms with E-state index in [-0.39, 0.29) is 6.04 Å². The summed E-state index contributed by atoms with van der Waals surface area (Å²) in [4.78, 5) is 8.44. The van der Waals surface area contributed by atoms with Crippen LogP contribution in [0.15, 0.2) is 42.9 Å². The first-order valence-corrected chi connectivity index (χ1v) is 5.57. The minimum Gasteiger partial charge on any atom is -0.271 e. The molecular formula is C13H16N4. The van der Waals surface area contributed by atoms with E-state index >= 15 is 0 Å². The van der Waals surface area contributed by atoms with Crippen molar-refractivity contribution in [2.75, 3.05) is 0 Å². The second-order valence-electron chi connectivity index (χ2n) is 4.04. The molecule has 2 aromatic heterocycles. The molecule has 1 unspecified atom stereocenters. The number of aromatic nitrogens is 2. The molecule has 1 atom stereocenters. The van der Waals surface area contributed by atoms with Gasteiger partial charge in [0.25, 0.3) is 0 Å². The van der Waals surface area contributed by atoms with Gasteiger partial charge in [0, 0.05) is 18.6 Å². The van der Waals surface area contributed by atoms with Crippen molar-refractivity contribution in [2.45, 2.75) is 19.4 Å². The third-order valence-corrected chi connectivity index (χ3v) is 2.66. The lowest BCUT2D eigenvalue weighted by atomic mass is 10.0. The van der Waals surface area contributed by atoms with Crippen LogP contribution in [0.25, 0.3) is 0 Å². The molecule has 0 amide bonds. The SMILES string of the molecule is Cc1ccnc(C(Cc2cccnc2)NN)c1. The number of aryl methyl sites for hydroxylation is 1. The van der Waals surface area contributed by atoms with Gasteiger partial charge in [0.1, 0.15) is 0 Å². The van der Waals surface area contributed by atoms with E-state index in [1.165, 1.54) is 5.56 Å². The Bertz CT molecular complexity index is 470. The maximum Gasteiger partial charge on any atom is 0.0673 e. The van der Waals surface area contributed by atoms with Crippen LogP contribution in [0, 0.1) is 6.92 Å². The number of nitrogens with two attached hydrogens (primary N) is 1. The molecule has 0 aliphatic heterocycles. The largest absolute Gasteiger partial charge is 0.271 e. The van der Waals surface area contributed by atoms with E-state index in [0.717, 1.165) is 17.7 Å². The molecule has 2 rings (SSSR count). The molecule has 0 bridgehead atoms. The normalized spacial score (nSPS) is 12.4. The van der Waals surface area contributed by atoms with Crippen LogP contribution in [0.2, 0.25) is 0 Å². The zero-order chi connectivity index (χ0) is 12.1. The van der Waals surface area contributed by atoms with Crippen molar-refractivity contribution in [3.05, 3.63) is 59.7 Å². The maximum atomic E-state index is 5.59. The van der Waals surface area contributed by atoms with Crippen molar-refractivity contribution < 1.29 is 0 Å². The van der Waals surface area contributed by atoms with Crippen LogP contribution in [-0.4, -0.2) is 9.97 Å². The average molecular weight is 228 g/mol. The Hall–Kier alpha value is -1.78. The van der Waals surface area contributed by atoms with Gasteiger partial charge in [0.05, 0.1) is 11.7 Å². The Labute approximate surface area is 101 Å². The number of pyridine rings is 2. The highest BCUT2D eigenvalue weighted by molar-refractivity contribution is 5.20. The summed E-state index contributed by atoms with van der Waals surface area (Å²) in [7, 11) is 0. The maximum absolute atomic E-state index is 5.59. The molecular weight excluding hydrogens is 212 g/mol. The van der Waals surface area contributed by atoms with Crippen LogP contribution in [-0.2, 0) is 6.42 Å². The monoisotopic (exact) mass is 228 g/mol. The van der Waals surface area contributed by atoms with Gasteiger partial charge in [-0.1, -0.05) is 6.07 Å². The number of hydrogen-bond donors (Lipinski definition) is 2. The number of rotatable bonds is 4. The average Bonchev–Trinajstić information content (AvgIpc) is 2.37. The second kappa shape index (κ2) is 5.52. The van der Waals surface area contributed by atoms with Crippen molar-refractivity contribution in [3.63, 3.8) is 0 Å². The highest BCUT2D eigenvalue weighted by Crippen LogP contribution is 2.15. The van der Waals surface area contributed by atoms with Crippen LogP contribution in [0.3, 0.4) is 0 Å². The molecule has 0 spiro atoms. The molecule has 2 aromatic rings. The van der Waals surface area contributed by atoms with Crippen LogP contribution in [0.5, 0.6) is 0 Å². The first-order chi connectivity index (χ1) is 8.29. The topological polar surface area (TPSA) is 63.8 Å².